The first-order chi connectivity index (χ1) is 20.6. The van der Waals surface area contributed by atoms with Crippen molar-refractivity contribution in [1.29, 1.82) is 0 Å². The van der Waals surface area contributed by atoms with E-state index in [4.69, 9.17) is 16.3 Å². The molecule has 1 saturated carbocycles. The molecule has 2 aliphatic heterocycles. The third kappa shape index (κ3) is 6.06. The van der Waals surface area contributed by atoms with Crippen LogP contribution in [0.5, 0.6) is 5.75 Å². The first-order valence-corrected chi connectivity index (χ1v) is 17.3. The van der Waals surface area contributed by atoms with Gasteiger partial charge in [-0.25, -0.2) is 13.1 Å². The van der Waals surface area contributed by atoms with E-state index < -0.39 is 27.3 Å². The summed E-state index contributed by atoms with van der Waals surface area (Å²) in [4.78, 5) is 15.7. The van der Waals surface area contributed by atoms with Gasteiger partial charge >= 0.3 is 0 Å². The van der Waals surface area contributed by atoms with Crippen LogP contribution in [0.4, 0.5) is 5.69 Å². The summed E-state index contributed by atoms with van der Waals surface area (Å²) in [5.74, 6) is 0.0325. The van der Waals surface area contributed by atoms with Crippen LogP contribution in [-0.2, 0) is 21.9 Å². The number of aliphatic hydroxyl groups excluding tert-OH is 2. The number of ether oxygens (including phenoxy) is 1. The van der Waals surface area contributed by atoms with Gasteiger partial charge in [0.1, 0.15) is 5.75 Å². The zero-order valence-electron chi connectivity index (χ0n) is 24.5. The van der Waals surface area contributed by atoms with Crippen LogP contribution in [0.25, 0.3) is 0 Å². The number of nitrogens with zero attached hydrogens (tertiary/aromatic N) is 1. The average Bonchev–Trinajstić information content (AvgIpc) is 3.10. The second kappa shape index (κ2) is 12.1. The van der Waals surface area contributed by atoms with E-state index in [2.05, 4.69) is 21.8 Å². The van der Waals surface area contributed by atoms with E-state index >= 15 is 0 Å². The number of carbonyl (C=O) groups excluding carboxylic acids is 1. The van der Waals surface area contributed by atoms with Gasteiger partial charge in [-0.05, 0) is 111 Å². The summed E-state index contributed by atoms with van der Waals surface area (Å²) in [5.41, 5.74) is 3.21. The summed E-state index contributed by atoms with van der Waals surface area (Å²) in [6.45, 7) is 3.30. The molecular formula is C33H41ClN2O6S. The van der Waals surface area contributed by atoms with Gasteiger partial charge in [-0.3, -0.25) is 4.79 Å². The Labute approximate surface area is 259 Å². The lowest BCUT2D eigenvalue weighted by atomic mass is 9.68. The Hall–Kier alpha value is -2.59. The molecule has 2 heterocycles. The Morgan fingerprint density at radius 2 is 2.00 bits per heavy atom. The van der Waals surface area contributed by atoms with Crippen molar-refractivity contribution >= 4 is 33.2 Å². The minimum absolute atomic E-state index is 0.0626. The van der Waals surface area contributed by atoms with E-state index in [0.717, 1.165) is 42.8 Å². The van der Waals surface area contributed by atoms with Crippen LogP contribution in [0.2, 0.25) is 5.02 Å². The highest BCUT2D eigenvalue weighted by Gasteiger charge is 2.44. The SMILES string of the molecule is C[C@@H]1C[C@@H](CCO)/C=C/[C@H](O)[C@@H]2CC[C@H]2CN2C[C@@]3(CCCc4cc(Cl)ccc43)COc3ccc(cc32)C(=O)NS1(=O)=O. The van der Waals surface area contributed by atoms with Crippen molar-refractivity contribution in [2.24, 2.45) is 17.8 Å². The van der Waals surface area contributed by atoms with Crippen molar-refractivity contribution in [3.63, 3.8) is 0 Å². The van der Waals surface area contributed by atoms with E-state index in [0.29, 0.717) is 31.9 Å². The summed E-state index contributed by atoms with van der Waals surface area (Å²) in [5, 5.41) is 20.7. The number of amides is 1. The number of benzene rings is 2. The van der Waals surface area contributed by atoms with Crippen LogP contribution in [-0.4, -0.2) is 62.2 Å². The largest absolute Gasteiger partial charge is 0.490 e. The van der Waals surface area contributed by atoms with Crippen molar-refractivity contribution in [3.8, 4) is 5.75 Å². The molecule has 0 radical (unpaired) electrons. The fourth-order valence-corrected chi connectivity index (χ4v) is 8.80. The first kappa shape index (κ1) is 30.4. The van der Waals surface area contributed by atoms with Crippen LogP contribution >= 0.6 is 11.6 Å². The molecule has 10 heteroatoms. The lowest BCUT2D eigenvalue weighted by molar-refractivity contribution is 0.0453. The summed E-state index contributed by atoms with van der Waals surface area (Å²) < 4.78 is 35.2. The molecular weight excluding hydrogens is 588 g/mol. The number of allylic oxidation sites excluding steroid dienone is 1. The van der Waals surface area contributed by atoms with E-state index in [-0.39, 0.29) is 41.8 Å². The summed E-state index contributed by atoms with van der Waals surface area (Å²) in [6.07, 6.45) is 8.35. The molecule has 1 amide bonds. The van der Waals surface area contributed by atoms with E-state index in [1.807, 2.05) is 12.1 Å². The van der Waals surface area contributed by atoms with Gasteiger partial charge < -0.3 is 19.8 Å². The van der Waals surface area contributed by atoms with Crippen LogP contribution < -0.4 is 14.4 Å². The molecule has 2 bridgehead atoms. The quantitative estimate of drug-likeness (QED) is 0.416. The molecule has 0 aromatic heterocycles. The number of halogens is 1. The molecule has 1 fully saturated rings. The second-order valence-corrected chi connectivity index (χ2v) is 15.5. The summed E-state index contributed by atoms with van der Waals surface area (Å²) in [7, 11) is -3.99. The molecule has 3 N–H and O–H groups in total. The second-order valence-electron chi connectivity index (χ2n) is 13.0. The Morgan fingerprint density at radius 3 is 2.77 bits per heavy atom. The number of carbonyl (C=O) groups is 1. The molecule has 6 rings (SSSR count). The molecule has 0 saturated heterocycles. The van der Waals surface area contributed by atoms with Crippen molar-refractivity contribution in [2.75, 3.05) is 31.2 Å². The minimum Gasteiger partial charge on any atom is -0.490 e. The standard InChI is InChI=1S/C33H41ClN2O6S/c1-21-15-22(12-14-37)4-10-30(38)27-8-5-25(27)18-36-19-33(13-2-3-23-16-26(34)7-9-28(23)33)20-42-31-11-6-24(17-29(31)36)32(39)35-43(21,40)41/h4,6-7,9-11,16-17,21-22,25,27,30,37-38H,2-3,5,8,12-15,18-20H2,1H3,(H,35,39)/b10-4+/t21-,22-,25+,27-,30+,33+/m1/s1. The predicted octanol–water partition coefficient (Wildman–Crippen LogP) is 4.61. The van der Waals surface area contributed by atoms with E-state index in [1.54, 1.807) is 31.2 Å². The van der Waals surface area contributed by atoms with Gasteiger partial charge in [-0.15, -0.1) is 0 Å². The fraction of sp³-hybridized carbons (Fsp3) is 0.545. The zero-order valence-corrected chi connectivity index (χ0v) is 26.1. The maximum Gasteiger partial charge on any atom is 0.264 e. The van der Waals surface area contributed by atoms with Gasteiger partial charge in [-0.2, -0.15) is 0 Å². The van der Waals surface area contributed by atoms with E-state index in [1.165, 1.54) is 11.1 Å². The molecule has 1 spiro atoms. The lowest BCUT2D eigenvalue weighted by Gasteiger charge is -2.45. The molecule has 2 aromatic rings. The maximum atomic E-state index is 13.4. The molecule has 6 atom stereocenters. The Morgan fingerprint density at radius 1 is 1.16 bits per heavy atom. The van der Waals surface area contributed by atoms with Gasteiger partial charge in [0.25, 0.3) is 5.91 Å². The summed E-state index contributed by atoms with van der Waals surface area (Å²) >= 11 is 6.38. The van der Waals surface area contributed by atoms with Crippen molar-refractivity contribution in [1.82, 2.24) is 4.72 Å². The molecule has 2 aliphatic carbocycles. The van der Waals surface area contributed by atoms with Gasteiger partial charge in [0.2, 0.25) is 10.0 Å². The maximum absolute atomic E-state index is 13.4. The van der Waals surface area contributed by atoms with Gasteiger partial charge in [0.15, 0.2) is 0 Å². The highest BCUT2D eigenvalue weighted by atomic mass is 35.5. The molecule has 43 heavy (non-hydrogen) atoms. The molecule has 232 valence electrons. The smallest absolute Gasteiger partial charge is 0.264 e. The minimum atomic E-state index is -3.99. The number of aliphatic hydroxyl groups is 2. The highest BCUT2D eigenvalue weighted by Crippen LogP contribution is 2.46. The number of hydrogen-bond donors (Lipinski definition) is 3. The third-order valence-electron chi connectivity index (χ3n) is 10.1. The van der Waals surface area contributed by atoms with Crippen molar-refractivity contribution < 1.29 is 28.2 Å². The van der Waals surface area contributed by atoms with Crippen LogP contribution in [0.1, 0.15) is 66.9 Å². The van der Waals surface area contributed by atoms with Crippen molar-refractivity contribution in [3.05, 3.63) is 70.3 Å². The topological polar surface area (TPSA) is 116 Å². The predicted molar refractivity (Wildman–Crippen MR) is 167 cm³/mol. The summed E-state index contributed by atoms with van der Waals surface area (Å²) in [6, 6.07) is 11.3. The number of anilines is 1. The number of rotatable bonds is 2. The monoisotopic (exact) mass is 628 g/mol. The molecule has 8 nitrogen and oxygen atoms in total. The Kier molecular flexibility index (Phi) is 8.54. The van der Waals surface area contributed by atoms with Crippen LogP contribution in [0.15, 0.2) is 48.6 Å². The molecule has 0 unspecified atom stereocenters. The Balaban J connectivity index is 1.41. The number of nitrogens with one attached hydrogen (secondary N) is 1. The van der Waals surface area contributed by atoms with E-state index in [9.17, 15) is 23.4 Å². The number of sulfonamides is 1. The number of aryl methyl sites for hydroxylation is 1. The van der Waals surface area contributed by atoms with Gasteiger partial charge in [0, 0.05) is 35.7 Å². The van der Waals surface area contributed by atoms with Crippen LogP contribution in [0.3, 0.4) is 0 Å². The molecule has 4 aliphatic rings. The number of fused-ring (bicyclic) bond motifs is 4. The molecule has 2 aromatic carbocycles. The van der Waals surface area contributed by atoms with Gasteiger partial charge in [0.05, 0.1) is 23.6 Å². The van der Waals surface area contributed by atoms with Crippen LogP contribution in [0, 0.1) is 17.8 Å². The highest BCUT2D eigenvalue weighted by molar-refractivity contribution is 7.90. The Bertz CT molecular complexity index is 1510. The first-order valence-electron chi connectivity index (χ1n) is 15.4. The average molecular weight is 629 g/mol. The van der Waals surface area contributed by atoms with Gasteiger partial charge in [-0.1, -0.05) is 29.8 Å². The third-order valence-corrected chi connectivity index (χ3v) is 12.1. The fourth-order valence-electron chi connectivity index (χ4n) is 7.52. The van der Waals surface area contributed by atoms with Crippen molar-refractivity contribution in [2.45, 2.75) is 68.6 Å². The zero-order chi connectivity index (χ0) is 30.4. The number of hydrogen-bond acceptors (Lipinski definition) is 7. The lowest BCUT2D eigenvalue weighted by Crippen LogP contribution is -2.49. The normalized spacial score (nSPS) is 32.8.